The van der Waals surface area contributed by atoms with Crippen LogP contribution in [0.1, 0.15) is 24.5 Å². The number of rotatable bonds is 9. The van der Waals surface area contributed by atoms with Gasteiger partial charge in [0.05, 0.1) is 15.8 Å². The van der Waals surface area contributed by atoms with Crippen molar-refractivity contribution >= 4 is 52.0 Å². The number of fused-ring (bicyclic) bond motifs is 1. The summed E-state index contributed by atoms with van der Waals surface area (Å²) in [5, 5.41) is 4.68. The van der Waals surface area contributed by atoms with E-state index in [9.17, 15) is 4.79 Å². The van der Waals surface area contributed by atoms with Crippen LogP contribution >= 0.6 is 35.0 Å². The first-order valence-electron chi connectivity index (χ1n) is 9.72. The van der Waals surface area contributed by atoms with Crippen LogP contribution in [0, 0.1) is 6.92 Å². The van der Waals surface area contributed by atoms with Crippen molar-refractivity contribution < 1.29 is 9.21 Å². The molecule has 1 heterocycles. The van der Waals surface area contributed by atoms with Crippen molar-refractivity contribution in [2.75, 3.05) is 19.3 Å². The number of hydrogen-bond donors (Lipinski definition) is 1. The molecule has 1 amide bonds. The molecule has 1 atom stereocenters. The minimum atomic E-state index is -0.0291. The standard InChI is InChI=1S/C22H25Cl2N3O2S/c1-14-5-4-6-19-21(14)26-22(29-19)30-13-20(28)25-15(2)9-10-27(3)12-16-7-8-17(23)18(24)11-16/h4-8,11,15H,9-10,12-13H2,1-3H3,(H,25,28). The van der Waals surface area contributed by atoms with Crippen LogP contribution < -0.4 is 5.32 Å². The minimum Gasteiger partial charge on any atom is -0.431 e. The molecule has 1 N–H and O–H groups in total. The van der Waals surface area contributed by atoms with Crippen molar-refractivity contribution in [3.05, 3.63) is 57.6 Å². The minimum absolute atomic E-state index is 0.0291. The Kier molecular flexibility index (Phi) is 8.06. The summed E-state index contributed by atoms with van der Waals surface area (Å²) >= 11 is 13.3. The molecule has 0 spiro atoms. The van der Waals surface area contributed by atoms with E-state index in [0.29, 0.717) is 15.3 Å². The molecule has 30 heavy (non-hydrogen) atoms. The third-order valence-corrected chi connectivity index (χ3v) is 6.28. The normalized spacial score (nSPS) is 12.5. The van der Waals surface area contributed by atoms with Gasteiger partial charge in [-0.25, -0.2) is 4.98 Å². The first-order chi connectivity index (χ1) is 14.3. The molecular weight excluding hydrogens is 441 g/mol. The number of para-hydroxylation sites is 1. The number of oxazole rings is 1. The molecule has 0 aliphatic rings. The fourth-order valence-electron chi connectivity index (χ4n) is 3.09. The van der Waals surface area contributed by atoms with E-state index in [1.165, 1.54) is 11.8 Å². The number of aryl methyl sites for hydroxylation is 1. The van der Waals surface area contributed by atoms with Crippen molar-refractivity contribution in [2.45, 2.75) is 38.1 Å². The maximum atomic E-state index is 12.3. The van der Waals surface area contributed by atoms with Gasteiger partial charge in [0.1, 0.15) is 5.52 Å². The molecular formula is C22H25Cl2N3O2S. The molecule has 3 aromatic rings. The number of aromatic nitrogens is 1. The van der Waals surface area contributed by atoms with Crippen molar-refractivity contribution in [2.24, 2.45) is 0 Å². The Morgan fingerprint density at radius 3 is 2.80 bits per heavy atom. The highest BCUT2D eigenvalue weighted by Gasteiger charge is 2.13. The summed E-state index contributed by atoms with van der Waals surface area (Å²) in [7, 11) is 2.04. The molecule has 0 aliphatic heterocycles. The highest BCUT2D eigenvalue weighted by molar-refractivity contribution is 7.99. The van der Waals surface area contributed by atoms with E-state index in [-0.39, 0.29) is 17.7 Å². The second kappa shape index (κ2) is 10.5. The summed E-state index contributed by atoms with van der Waals surface area (Å²) in [6, 6.07) is 11.6. The van der Waals surface area contributed by atoms with Gasteiger partial charge < -0.3 is 14.6 Å². The number of hydrogen-bond acceptors (Lipinski definition) is 5. The van der Waals surface area contributed by atoms with E-state index in [0.717, 1.165) is 41.7 Å². The quantitative estimate of drug-likeness (QED) is 0.419. The summed E-state index contributed by atoms with van der Waals surface area (Å²) in [6.45, 7) is 5.62. The first kappa shape index (κ1) is 22.9. The summed E-state index contributed by atoms with van der Waals surface area (Å²) in [4.78, 5) is 18.9. The number of halogens is 2. The highest BCUT2D eigenvalue weighted by Crippen LogP contribution is 2.25. The molecule has 1 aromatic heterocycles. The van der Waals surface area contributed by atoms with Crippen LogP contribution in [0.4, 0.5) is 0 Å². The number of benzene rings is 2. The molecule has 1 unspecified atom stereocenters. The Balaban J connectivity index is 1.40. The lowest BCUT2D eigenvalue weighted by atomic mass is 10.2. The van der Waals surface area contributed by atoms with Gasteiger partial charge in [-0.05, 0) is 56.6 Å². The number of nitrogens with one attached hydrogen (secondary N) is 1. The second-order valence-corrected chi connectivity index (χ2v) is 9.17. The summed E-state index contributed by atoms with van der Waals surface area (Å²) in [5.74, 6) is 0.244. The van der Waals surface area contributed by atoms with Crippen LogP contribution in [0.15, 0.2) is 46.0 Å². The molecule has 0 radical (unpaired) electrons. The monoisotopic (exact) mass is 465 g/mol. The molecule has 2 aromatic carbocycles. The third-order valence-electron chi connectivity index (χ3n) is 4.72. The van der Waals surface area contributed by atoms with Gasteiger partial charge in [-0.3, -0.25) is 4.79 Å². The van der Waals surface area contributed by atoms with Gasteiger partial charge in [0.15, 0.2) is 5.58 Å². The summed E-state index contributed by atoms with van der Waals surface area (Å²) in [5.41, 5.74) is 3.76. The Morgan fingerprint density at radius 2 is 2.07 bits per heavy atom. The van der Waals surface area contributed by atoms with E-state index < -0.39 is 0 Å². The Hall–Kier alpha value is -1.73. The average molecular weight is 466 g/mol. The van der Waals surface area contributed by atoms with Gasteiger partial charge in [0, 0.05) is 19.1 Å². The zero-order chi connectivity index (χ0) is 21.7. The highest BCUT2D eigenvalue weighted by atomic mass is 35.5. The van der Waals surface area contributed by atoms with Crippen LogP contribution in [0.2, 0.25) is 10.0 Å². The zero-order valence-corrected chi connectivity index (χ0v) is 19.6. The third kappa shape index (κ3) is 6.38. The average Bonchev–Trinajstić information content (AvgIpc) is 3.12. The number of amides is 1. The van der Waals surface area contributed by atoms with E-state index in [1.807, 2.05) is 57.3 Å². The largest absolute Gasteiger partial charge is 0.431 e. The van der Waals surface area contributed by atoms with E-state index in [2.05, 4.69) is 15.2 Å². The molecule has 0 aliphatic carbocycles. The van der Waals surface area contributed by atoms with Crippen molar-refractivity contribution in [1.82, 2.24) is 15.2 Å². The molecule has 8 heteroatoms. The molecule has 5 nitrogen and oxygen atoms in total. The van der Waals surface area contributed by atoms with E-state index in [1.54, 1.807) is 0 Å². The molecule has 0 bridgehead atoms. The Morgan fingerprint density at radius 1 is 1.27 bits per heavy atom. The molecule has 0 saturated heterocycles. The number of carbonyl (C=O) groups is 1. The smallest absolute Gasteiger partial charge is 0.257 e. The van der Waals surface area contributed by atoms with Crippen molar-refractivity contribution in [3.63, 3.8) is 0 Å². The van der Waals surface area contributed by atoms with Gasteiger partial charge in [0.25, 0.3) is 5.22 Å². The predicted molar refractivity (Wildman–Crippen MR) is 124 cm³/mol. The number of thioether (sulfide) groups is 1. The Bertz CT molecular complexity index is 1020. The SMILES string of the molecule is Cc1cccc2oc(SCC(=O)NC(C)CCN(C)Cc3ccc(Cl)c(Cl)c3)nc12. The van der Waals surface area contributed by atoms with Crippen LogP contribution in [0.5, 0.6) is 0 Å². The lowest BCUT2D eigenvalue weighted by molar-refractivity contribution is -0.119. The lowest BCUT2D eigenvalue weighted by Crippen LogP contribution is -2.36. The van der Waals surface area contributed by atoms with Gasteiger partial charge in [-0.1, -0.05) is 53.2 Å². The van der Waals surface area contributed by atoms with Crippen LogP contribution in [-0.4, -0.2) is 41.2 Å². The van der Waals surface area contributed by atoms with Gasteiger partial charge in [0.2, 0.25) is 5.91 Å². The van der Waals surface area contributed by atoms with E-state index >= 15 is 0 Å². The molecule has 160 valence electrons. The van der Waals surface area contributed by atoms with Crippen LogP contribution in [0.3, 0.4) is 0 Å². The molecule has 3 rings (SSSR count). The van der Waals surface area contributed by atoms with E-state index in [4.69, 9.17) is 27.6 Å². The maximum Gasteiger partial charge on any atom is 0.257 e. The lowest BCUT2D eigenvalue weighted by Gasteiger charge is -2.20. The molecule has 0 saturated carbocycles. The maximum absolute atomic E-state index is 12.3. The van der Waals surface area contributed by atoms with Crippen molar-refractivity contribution in [1.29, 1.82) is 0 Å². The first-order valence-corrected chi connectivity index (χ1v) is 11.5. The second-order valence-electron chi connectivity index (χ2n) is 7.43. The van der Waals surface area contributed by atoms with Crippen molar-refractivity contribution in [3.8, 4) is 0 Å². The van der Waals surface area contributed by atoms with Gasteiger partial charge in [-0.2, -0.15) is 0 Å². The predicted octanol–water partition coefficient (Wildman–Crippen LogP) is 5.56. The number of carbonyl (C=O) groups excluding carboxylic acids is 1. The fourth-order valence-corrected chi connectivity index (χ4v) is 4.05. The van der Waals surface area contributed by atoms with Gasteiger partial charge >= 0.3 is 0 Å². The topological polar surface area (TPSA) is 58.4 Å². The summed E-state index contributed by atoms with van der Waals surface area (Å²) < 4.78 is 5.70. The molecule has 0 fully saturated rings. The van der Waals surface area contributed by atoms with Gasteiger partial charge in [-0.15, -0.1) is 0 Å². The zero-order valence-electron chi connectivity index (χ0n) is 17.2. The summed E-state index contributed by atoms with van der Waals surface area (Å²) in [6.07, 6.45) is 0.844. The fraction of sp³-hybridized carbons (Fsp3) is 0.364. The van der Waals surface area contributed by atoms with Crippen LogP contribution in [0.25, 0.3) is 11.1 Å². The Labute approximate surface area is 191 Å². The number of nitrogens with zero attached hydrogens (tertiary/aromatic N) is 2. The van der Waals surface area contributed by atoms with Crippen LogP contribution in [-0.2, 0) is 11.3 Å².